The summed E-state index contributed by atoms with van der Waals surface area (Å²) in [7, 11) is -3.24. The summed E-state index contributed by atoms with van der Waals surface area (Å²) in [4.78, 5) is 22.7. The summed E-state index contributed by atoms with van der Waals surface area (Å²) in [5.41, 5.74) is 0. The van der Waals surface area contributed by atoms with Crippen molar-refractivity contribution in [1.82, 2.24) is 10.6 Å². The van der Waals surface area contributed by atoms with Gasteiger partial charge in [-0.15, -0.1) is 0 Å². The first-order valence-corrected chi connectivity index (χ1v) is 8.74. The second-order valence-electron chi connectivity index (χ2n) is 5.27. The molecule has 0 radical (unpaired) electrons. The number of amides is 1. The third kappa shape index (κ3) is 6.85. The Morgan fingerprint density at radius 3 is 2.65 bits per heavy atom. The molecule has 7 nitrogen and oxygen atoms in total. The van der Waals surface area contributed by atoms with Crippen LogP contribution in [0.5, 0.6) is 0 Å². The van der Waals surface area contributed by atoms with Crippen LogP contribution in [-0.4, -0.2) is 56.5 Å². The van der Waals surface area contributed by atoms with Gasteiger partial charge in [0.15, 0.2) is 0 Å². The Hall–Kier alpha value is -1.15. The Morgan fingerprint density at radius 1 is 1.45 bits per heavy atom. The Morgan fingerprint density at radius 2 is 2.15 bits per heavy atom. The smallest absolute Gasteiger partial charge is 0.326 e. The molecule has 3 N–H and O–H groups in total. The second kappa shape index (κ2) is 7.58. The van der Waals surface area contributed by atoms with Crippen LogP contribution in [0.3, 0.4) is 0 Å². The van der Waals surface area contributed by atoms with Crippen LogP contribution in [0.1, 0.15) is 25.7 Å². The van der Waals surface area contributed by atoms with E-state index in [1.54, 1.807) is 0 Å². The number of carbonyl (C=O) groups excluding carboxylic acids is 1. The lowest BCUT2D eigenvalue weighted by Gasteiger charge is -2.15. The zero-order valence-corrected chi connectivity index (χ0v) is 12.4. The molecule has 8 heteroatoms. The molecule has 20 heavy (non-hydrogen) atoms. The lowest BCUT2D eigenvalue weighted by atomic mass is 10.0. The van der Waals surface area contributed by atoms with Crippen molar-refractivity contribution in [3.63, 3.8) is 0 Å². The van der Waals surface area contributed by atoms with Crippen molar-refractivity contribution >= 4 is 21.7 Å². The molecular formula is C12H22N2O5S. The number of carboxylic acids is 1. The lowest BCUT2D eigenvalue weighted by Crippen LogP contribution is -2.42. The minimum atomic E-state index is -3.24. The average molecular weight is 306 g/mol. The second-order valence-corrected chi connectivity index (χ2v) is 7.53. The van der Waals surface area contributed by atoms with Crippen LogP contribution in [0.15, 0.2) is 0 Å². The quantitative estimate of drug-likeness (QED) is 0.551. The molecule has 0 aromatic heterocycles. The van der Waals surface area contributed by atoms with Crippen LogP contribution in [0.2, 0.25) is 0 Å². The molecule has 2 atom stereocenters. The van der Waals surface area contributed by atoms with Gasteiger partial charge in [-0.05, 0) is 38.3 Å². The topological polar surface area (TPSA) is 113 Å². The molecule has 1 aliphatic rings. The van der Waals surface area contributed by atoms with Gasteiger partial charge in [0, 0.05) is 12.7 Å². The zero-order valence-electron chi connectivity index (χ0n) is 11.6. The monoisotopic (exact) mass is 306 g/mol. The van der Waals surface area contributed by atoms with Gasteiger partial charge in [-0.25, -0.2) is 13.2 Å². The highest BCUT2D eigenvalue weighted by molar-refractivity contribution is 7.90. The lowest BCUT2D eigenvalue weighted by molar-refractivity contribution is -0.141. The van der Waals surface area contributed by atoms with Crippen LogP contribution in [0, 0.1) is 5.92 Å². The fourth-order valence-electron chi connectivity index (χ4n) is 2.15. The summed E-state index contributed by atoms with van der Waals surface area (Å²) >= 11 is 0. The van der Waals surface area contributed by atoms with Gasteiger partial charge in [0.2, 0.25) is 5.91 Å². The van der Waals surface area contributed by atoms with E-state index in [0.717, 1.165) is 32.2 Å². The van der Waals surface area contributed by atoms with E-state index in [4.69, 9.17) is 5.11 Å². The molecule has 0 spiro atoms. The molecule has 1 amide bonds. The largest absolute Gasteiger partial charge is 0.480 e. The minimum Gasteiger partial charge on any atom is -0.480 e. The molecule has 1 fully saturated rings. The molecule has 0 aromatic rings. The van der Waals surface area contributed by atoms with E-state index < -0.39 is 21.8 Å². The predicted molar refractivity (Wildman–Crippen MR) is 74.1 cm³/mol. The highest BCUT2D eigenvalue weighted by Gasteiger charge is 2.22. The molecule has 1 saturated heterocycles. The number of sulfone groups is 1. The molecule has 0 saturated carbocycles. The van der Waals surface area contributed by atoms with Crippen LogP contribution >= 0.6 is 0 Å². The standard InChI is InChI=1S/C12H22N2O5S/c1-20(18,19)7-5-10(12(16)17)14-11(15)3-2-9-4-6-13-8-9/h9-10,13H,2-8H2,1H3,(H,14,15)(H,16,17). The summed E-state index contributed by atoms with van der Waals surface area (Å²) in [6, 6.07) is -1.14. The van der Waals surface area contributed by atoms with E-state index in [-0.39, 0.29) is 24.5 Å². The number of carboxylic acid groups (broad SMARTS) is 1. The zero-order chi connectivity index (χ0) is 15.2. The Bertz CT molecular complexity index is 443. The van der Waals surface area contributed by atoms with E-state index in [9.17, 15) is 18.0 Å². The molecule has 1 aliphatic heterocycles. The minimum absolute atomic E-state index is 0.106. The highest BCUT2D eigenvalue weighted by Crippen LogP contribution is 2.14. The maximum atomic E-state index is 11.7. The van der Waals surface area contributed by atoms with Gasteiger partial charge in [-0.1, -0.05) is 0 Å². The van der Waals surface area contributed by atoms with Gasteiger partial charge >= 0.3 is 5.97 Å². The molecule has 0 aromatic carbocycles. The third-order valence-electron chi connectivity index (χ3n) is 3.35. The van der Waals surface area contributed by atoms with Crippen molar-refractivity contribution in [2.75, 3.05) is 25.1 Å². The number of carbonyl (C=O) groups is 2. The fraction of sp³-hybridized carbons (Fsp3) is 0.833. The van der Waals surface area contributed by atoms with Gasteiger partial charge in [0.05, 0.1) is 5.75 Å². The molecular weight excluding hydrogens is 284 g/mol. The normalized spacial score (nSPS) is 20.6. The number of aliphatic carboxylic acids is 1. The Kier molecular flexibility index (Phi) is 6.41. The van der Waals surface area contributed by atoms with Gasteiger partial charge in [-0.2, -0.15) is 0 Å². The Balaban J connectivity index is 2.36. The first-order chi connectivity index (χ1) is 9.28. The van der Waals surface area contributed by atoms with E-state index >= 15 is 0 Å². The van der Waals surface area contributed by atoms with E-state index in [2.05, 4.69) is 10.6 Å². The van der Waals surface area contributed by atoms with E-state index in [0.29, 0.717) is 5.92 Å². The SMILES string of the molecule is CS(=O)(=O)CCC(NC(=O)CCC1CCNC1)C(=O)O. The van der Waals surface area contributed by atoms with Crippen LogP contribution in [0.25, 0.3) is 0 Å². The molecule has 116 valence electrons. The highest BCUT2D eigenvalue weighted by atomic mass is 32.2. The van der Waals surface area contributed by atoms with Crippen molar-refractivity contribution in [2.24, 2.45) is 5.92 Å². The van der Waals surface area contributed by atoms with Crippen LogP contribution in [0.4, 0.5) is 0 Å². The van der Waals surface area contributed by atoms with Crippen molar-refractivity contribution in [1.29, 1.82) is 0 Å². The maximum absolute atomic E-state index is 11.7. The Labute approximate surface area is 119 Å². The van der Waals surface area contributed by atoms with Crippen molar-refractivity contribution in [3.05, 3.63) is 0 Å². The first-order valence-electron chi connectivity index (χ1n) is 6.68. The average Bonchev–Trinajstić information content (AvgIpc) is 2.83. The molecule has 0 bridgehead atoms. The number of nitrogens with one attached hydrogen (secondary N) is 2. The van der Waals surface area contributed by atoms with E-state index in [1.165, 1.54) is 0 Å². The number of hydrogen-bond donors (Lipinski definition) is 3. The third-order valence-corrected chi connectivity index (χ3v) is 4.33. The van der Waals surface area contributed by atoms with Crippen LogP contribution < -0.4 is 10.6 Å². The van der Waals surface area contributed by atoms with Gasteiger partial charge in [0.1, 0.15) is 15.9 Å². The molecule has 0 aliphatic carbocycles. The van der Waals surface area contributed by atoms with Gasteiger partial charge in [0.25, 0.3) is 0 Å². The van der Waals surface area contributed by atoms with E-state index in [1.807, 2.05) is 0 Å². The van der Waals surface area contributed by atoms with Crippen molar-refractivity contribution in [3.8, 4) is 0 Å². The molecule has 1 heterocycles. The summed E-state index contributed by atoms with van der Waals surface area (Å²) < 4.78 is 22.1. The summed E-state index contributed by atoms with van der Waals surface area (Å²) in [5, 5.41) is 14.6. The summed E-state index contributed by atoms with van der Waals surface area (Å²) in [6.45, 7) is 1.85. The van der Waals surface area contributed by atoms with Crippen LogP contribution in [-0.2, 0) is 19.4 Å². The summed E-state index contributed by atoms with van der Waals surface area (Å²) in [6.07, 6.45) is 2.96. The molecule has 2 unspecified atom stereocenters. The predicted octanol–water partition coefficient (Wildman–Crippen LogP) is -0.620. The number of hydrogen-bond acceptors (Lipinski definition) is 5. The summed E-state index contributed by atoms with van der Waals surface area (Å²) in [5.74, 6) is -1.33. The van der Waals surface area contributed by atoms with Gasteiger partial charge in [-0.3, -0.25) is 4.79 Å². The number of rotatable bonds is 8. The maximum Gasteiger partial charge on any atom is 0.326 e. The molecule has 1 rings (SSSR count). The first kappa shape index (κ1) is 16.9. The van der Waals surface area contributed by atoms with Gasteiger partial charge < -0.3 is 15.7 Å². The fourth-order valence-corrected chi connectivity index (χ4v) is 2.82. The van der Waals surface area contributed by atoms with Crippen molar-refractivity contribution < 1.29 is 23.1 Å². The van der Waals surface area contributed by atoms with Crippen molar-refractivity contribution in [2.45, 2.75) is 31.7 Å².